The molecule has 0 aliphatic carbocycles. The molecule has 0 bridgehead atoms. The van der Waals surface area contributed by atoms with Crippen LogP contribution in [0.5, 0.6) is 0 Å². The number of carbonyl (C=O) groups excluding carboxylic acids is 1. The first kappa shape index (κ1) is 18.6. The molecule has 0 aliphatic rings. The zero-order valence-corrected chi connectivity index (χ0v) is 17.8. The Morgan fingerprint density at radius 3 is 1.88 bits per heavy atom. The van der Waals surface area contributed by atoms with Gasteiger partial charge < -0.3 is 5.32 Å². The van der Waals surface area contributed by atoms with Crippen LogP contribution in [-0.2, 0) is 4.79 Å². The van der Waals surface area contributed by atoms with E-state index in [2.05, 4.69) is 90.8 Å². The summed E-state index contributed by atoms with van der Waals surface area (Å²) >= 11 is 0. The van der Waals surface area contributed by atoms with Gasteiger partial charge in [0.1, 0.15) is 0 Å². The first-order valence-electron chi connectivity index (χ1n) is 10.8. The first-order valence-corrected chi connectivity index (χ1v) is 10.8. The van der Waals surface area contributed by atoms with Crippen LogP contribution in [0, 0.1) is 0 Å². The van der Waals surface area contributed by atoms with E-state index in [1.54, 1.807) is 6.92 Å². The summed E-state index contributed by atoms with van der Waals surface area (Å²) in [7, 11) is 0. The number of anilines is 1. The van der Waals surface area contributed by atoms with Crippen LogP contribution in [0.25, 0.3) is 54.2 Å². The molecule has 2 heteroatoms. The molecular formula is C30H21NO. The highest BCUT2D eigenvalue weighted by atomic mass is 16.1. The topological polar surface area (TPSA) is 29.1 Å². The van der Waals surface area contributed by atoms with Crippen LogP contribution < -0.4 is 5.32 Å². The van der Waals surface area contributed by atoms with Crippen LogP contribution in [-0.4, -0.2) is 5.91 Å². The first-order chi connectivity index (χ1) is 15.6. The van der Waals surface area contributed by atoms with Crippen molar-refractivity contribution < 1.29 is 4.79 Å². The smallest absolute Gasteiger partial charge is 0.250 e. The molecule has 6 aromatic rings. The molecule has 0 spiro atoms. The van der Waals surface area contributed by atoms with Gasteiger partial charge in [-0.05, 0) is 73.3 Å². The monoisotopic (exact) mass is 411 g/mol. The number of rotatable bonds is 3. The van der Waals surface area contributed by atoms with Crippen LogP contribution in [0.3, 0.4) is 0 Å². The van der Waals surface area contributed by atoms with Crippen LogP contribution in [0.2, 0.25) is 0 Å². The summed E-state index contributed by atoms with van der Waals surface area (Å²) in [4.78, 5) is 11.9. The van der Waals surface area contributed by atoms with Gasteiger partial charge in [0.15, 0.2) is 0 Å². The minimum Gasteiger partial charge on any atom is -0.322 e. The van der Waals surface area contributed by atoms with Gasteiger partial charge in [0, 0.05) is 11.3 Å². The van der Waals surface area contributed by atoms with Crippen molar-refractivity contribution in [2.45, 2.75) is 6.92 Å². The molecule has 0 fully saturated rings. The largest absolute Gasteiger partial charge is 0.322 e. The van der Waals surface area contributed by atoms with Crippen LogP contribution in [0.1, 0.15) is 6.92 Å². The number of carbonyl (C=O) groups is 1. The van der Waals surface area contributed by atoms with Gasteiger partial charge >= 0.3 is 0 Å². The molecule has 1 amide bonds. The van der Waals surface area contributed by atoms with Crippen LogP contribution in [0.4, 0.5) is 5.69 Å². The maximum absolute atomic E-state index is 11.9. The molecule has 0 heterocycles. The number of hydrogen-bond donors (Lipinski definition) is 1. The Labute approximate surface area is 186 Å². The average Bonchev–Trinajstić information content (AvgIpc) is 2.82. The van der Waals surface area contributed by atoms with E-state index in [0.717, 1.165) is 11.3 Å². The number of nitrogens with one attached hydrogen (secondary N) is 1. The van der Waals surface area contributed by atoms with Crippen molar-refractivity contribution in [1.82, 2.24) is 0 Å². The second-order valence-electron chi connectivity index (χ2n) is 8.41. The van der Waals surface area contributed by atoms with Crippen LogP contribution >= 0.6 is 0 Å². The summed E-state index contributed by atoms with van der Waals surface area (Å²) < 4.78 is 0. The van der Waals surface area contributed by atoms with E-state index in [1.165, 1.54) is 48.7 Å². The lowest BCUT2D eigenvalue weighted by Crippen LogP contribution is -2.11. The average molecular weight is 412 g/mol. The van der Waals surface area contributed by atoms with Gasteiger partial charge in [-0.25, -0.2) is 0 Å². The summed E-state index contributed by atoms with van der Waals surface area (Å²) in [5.41, 5.74) is 3.58. The number of benzene rings is 6. The molecule has 1 N–H and O–H groups in total. The molecule has 0 saturated carbocycles. The molecule has 0 saturated heterocycles. The summed E-state index contributed by atoms with van der Waals surface area (Å²) in [5.74, 6) is -0.160. The SMILES string of the molecule is C=C(C)C(=O)Nc1ccc(-c2ccc3c4cccc5cccc(c6cccc2c63)c54)cc1. The molecule has 0 radical (unpaired) electrons. The fourth-order valence-electron chi connectivity index (χ4n) is 4.87. The van der Waals surface area contributed by atoms with Crippen molar-refractivity contribution in [3.63, 3.8) is 0 Å². The third kappa shape index (κ3) is 2.70. The van der Waals surface area contributed by atoms with Gasteiger partial charge in [-0.2, -0.15) is 0 Å². The maximum Gasteiger partial charge on any atom is 0.250 e. The maximum atomic E-state index is 11.9. The van der Waals surface area contributed by atoms with Gasteiger partial charge in [-0.3, -0.25) is 4.79 Å². The van der Waals surface area contributed by atoms with Crippen molar-refractivity contribution in [3.05, 3.63) is 103 Å². The summed E-state index contributed by atoms with van der Waals surface area (Å²) in [6.07, 6.45) is 0. The number of amides is 1. The van der Waals surface area contributed by atoms with Crippen molar-refractivity contribution in [1.29, 1.82) is 0 Å². The number of hydrogen-bond acceptors (Lipinski definition) is 1. The van der Waals surface area contributed by atoms with Crippen molar-refractivity contribution >= 4 is 54.7 Å². The predicted octanol–water partition coefficient (Wildman–Crippen LogP) is 7.92. The number of fused-ring (bicyclic) bond motifs is 2. The second kappa shape index (κ2) is 6.93. The van der Waals surface area contributed by atoms with E-state index in [9.17, 15) is 4.79 Å². The van der Waals surface area contributed by atoms with Crippen molar-refractivity contribution in [2.75, 3.05) is 5.32 Å². The molecular weight excluding hydrogens is 390 g/mol. The molecule has 32 heavy (non-hydrogen) atoms. The highest BCUT2D eigenvalue weighted by Crippen LogP contribution is 2.42. The van der Waals surface area contributed by atoms with E-state index >= 15 is 0 Å². The Bertz CT molecular complexity index is 1630. The second-order valence-corrected chi connectivity index (χ2v) is 8.41. The molecule has 0 unspecified atom stereocenters. The van der Waals surface area contributed by atoms with Gasteiger partial charge in [0.05, 0.1) is 0 Å². The molecule has 2 nitrogen and oxygen atoms in total. The zero-order valence-electron chi connectivity index (χ0n) is 17.8. The quantitative estimate of drug-likeness (QED) is 0.179. The standard InChI is InChI=1S/C30H21NO/c1-18(2)30(32)31-21-14-12-19(13-15-21)22-16-17-27-25-9-4-7-20-6-3-8-24(28(20)25)26-11-5-10-23(22)29(26)27/h3-17H,1H2,2H3,(H,31,32). The Morgan fingerprint density at radius 2 is 1.22 bits per heavy atom. The Hall–Kier alpha value is -4.17. The summed E-state index contributed by atoms with van der Waals surface area (Å²) in [6.45, 7) is 5.40. The van der Waals surface area contributed by atoms with Gasteiger partial charge in [-0.15, -0.1) is 0 Å². The predicted molar refractivity (Wildman–Crippen MR) is 137 cm³/mol. The lowest BCUT2D eigenvalue weighted by Gasteiger charge is -2.16. The highest BCUT2D eigenvalue weighted by Gasteiger charge is 2.15. The third-order valence-corrected chi connectivity index (χ3v) is 6.37. The Morgan fingerprint density at radius 1 is 0.656 bits per heavy atom. The van der Waals surface area contributed by atoms with Gasteiger partial charge in [0.25, 0.3) is 5.91 Å². The van der Waals surface area contributed by atoms with Gasteiger partial charge in [0.2, 0.25) is 0 Å². The zero-order chi connectivity index (χ0) is 21.8. The molecule has 152 valence electrons. The van der Waals surface area contributed by atoms with E-state index in [0.29, 0.717) is 5.57 Å². The van der Waals surface area contributed by atoms with Crippen LogP contribution in [0.15, 0.2) is 103 Å². The van der Waals surface area contributed by atoms with Gasteiger partial charge in [-0.1, -0.05) is 85.4 Å². The molecule has 0 aliphatic heterocycles. The summed E-state index contributed by atoms with van der Waals surface area (Å²) in [6, 6.07) is 32.2. The van der Waals surface area contributed by atoms with Crippen molar-refractivity contribution in [2.24, 2.45) is 0 Å². The van der Waals surface area contributed by atoms with E-state index < -0.39 is 0 Å². The fraction of sp³-hybridized carbons (Fsp3) is 0.0333. The summed E-state index contributed by atoms with van der Waals surface area (Å²) in [5, 5.41) is 13.2. The fourth-order valence-corrected chi connectivity index (χ4v) is 4.87. The van der Waals surface area contributed by atoms with Crippen molar-refractivity contribution in [3.8, 4) is 11.1 Å². The molecule has 6 rings (SSSR count). The molecule has 6 aromatic carbocycles. The van der Waals surface area contributed by atoms with E-state index in [4.69, 9.17) is 0 Å². The molecule has 0 atom stereocenters. The molecule has 0 aromatic heterocycles. The minimum atomic E-state index is -0.160. The normalized spacial score (nSPS) is 11.5. The Balaban J connectivity index is 1.59. The highest BCUT2D eigenvalue weighted by molar-refractivity contribution is 6.34. The Kier molecular flexibility index (Phi) is 4.02. The lowest BCUT2D eigenvalue weighted by atomic mass is 9.87. The third-order valence-electron chi connectivity index (χ3n) is 6.37. The minimum absolute atomic E-state index is 0.160. The lowest BCUT2D eigenvalue weighted by molar-refractivity contribution is -0.112. The van der Waals surface area contributed by atoms with E-state index in [-0.39, 0.29) is 5.91 Å². The van der Waals surface area contributed by atoms with E-state index in [1.807, 2.05) is 12.1 Å².